The first-order chi connectivity index (χ1) is 18.5. The van der Waals surface area contributed by atoms with Gasteiger partial charge in [0, 0.05) is 34.8 Å². The normalized spacial score (nSPS) is 14.4. The zero-order valence-electron chi connectivity index (χ0n) is 20.5. The highest BCUT2D eigenvalue weighted by molar-refractivity contribution is 9.10. The number of anilines is 2. The molecular formula is C31H29BrClN5O. The Bertz CT molecular complexity index is 1650. The van der Waals surface area contributed by atoms with Crippen molar-refractivity contribution in [2.24, 2.45) is 5.92 Å². The number of aryl methyl sites for hydroxylation is 1. The third kappa shape index (κ3) is 5.70. The molecule has 1 amide bonds. The highest BCUT2D eigenvalue weighted by Crippen LogP contribution is 2.31. The van der Waals surface area contributed by atoms with Gasteiger partial charge in [-0.25, -0.2) is 4.98 Å². The van der Waals surface area contributed by atoms with Crippen LogP contribution < -0.4 is 10.6 Å². The number of fused-ring (bicyclic) bond motifs is 2. The summed E-state index contributed by atoms with van der Waals surface area (Å²) in [7, 11) is 0. The third-order valence-electron chi connectivity index (χ3n) is 6.96. The topological polar surface area (TPSA) is 71.3 Å². The van der Waals surface area contributed by atoms with Gasteiger partial charge in [0.05, 0.1) is 16.4 Å². The first kappa shape index (κ1) is 26.9. The molecule has 6 rings (SSSR count). The molecule has 2 heterocycles. The maximum atomic E-state index is 13.1. The van der Waals surface area contributed by atoms with E-state index in [1.807, 2.05) is 60.7 Å². The molecule has 8 heteroatoms. The first-order valence-electron chi connectivity index (χ1n) is 12.5. The fraction of sp³-hybridized carbons (Fsp3) is 0.194. The van der Waals surface area contributed by atoms with Gasteiger partial charge in [0.25, 0.3) is 0 Å². The van der Waals surface area contributed by atoms with Crippen LogP contribution in [0.3, 0.4) is 0 Å². The number of halogens is 2. The van der Waals surface area contributed by atoms with Gasteiger partial charge in [0.15, 0.2) is 5.65 Å². The van der Waals surface area contributed by atoms with Crippen molar-refractivity contribution in [1.29, 1.82) is 0 Å². The van der Waals surface area contributed by atoms with Crippen molar-refractivity contribution in [3.8, 4) is 11.3 Å². The van der Waals surface area contributed by atoms with Crippen LogP contribution in [0.5, 0.6) is 0 Å². The van der Waals surface area contributed by atoms with Crippen molar-refractivity contribution in [2.45, 2.75) is 33.2 Å². The van der Waals surface area contributed by atoms with E-state index in [4.69, 9.17) is 16.6 Å². The molecule has 198 valence electrons. The predicted molar refractivity (Wildman–Crippen MR) is 162 cm³/mol. The molecule has 0 spiro atoms. The molecule has 2 N–H and O–H groups in total. The molecule has 1 aliphatic rings. The van der Waals surface area contributed by atoms with Gasteiger partial charge in [0.2, 0.25) is 5.91 Å². The van der Waals surface area contributed by atoms with E-state index in [9.17, 15) is 4.79 Å². The summed E-state index contributed by atoms with van der Waals surface area (Å²) in [5, 5.41) is 11.7. The van der Waals surface area contributed by atoms with Crippen LogP contribution in [0.15, 0.2) is 89.5 Å². The molecule has 0 aliphatic heterocycles. The van der Waals surface area contributed by atoms with Crippen molar-refractivity contribution in [3.05, 3.63) is 111 Å². The van der Waals surface area contributed by atoms with E-state index < -0.39 is 0 Å². The van der Waals surface area contributed by atoms with Crippen molar-refractivity contribution >= 4 is 50.6 Å². The Morgan fingerprint density at radius 3 is 2.67 bits per heavy atom. The molecular weight excluding hydrogens is 574 g/mol. The molecule has 0 radical (unpaired) electrons. The van der Waals surface area contributed by atoms with Gasteiger partial charge in [-0.1, -0.05) is 73.6 Å². The van der Waals surface area contributed by atoms with E-state index in [0.29, 0.717) is 17.2 Å². The highest BCUT2D eigenvalue weighted by atomic mass is 79.9. The van der Waals surface area contributed by atoms with Crippen LogP contribution in [0, 0.1) is 5.92 Å². The molecule has 0 bridgehead atoms. The predicted octanol–water partition coefficient (Wildman–Crippen LogP) is 7.80. The summed E-state index contributed by atoms with van der Waals surface area (Å²) in [6, 6.07) is 25.9. The average Bonchev–Trinajstić information content (AvgIpc) is 3.32. The number of carbonyl (C=O) groups excluding carboxylic acids is 1. The second-order valence-corrected chi connectivity index (χ2v) is 10.7. The van der Waals surface area contributed by atoms with Crippen molar-refractivity contribution in [3.63, 3.8) is 0 Å². The van der Waals surface area contributed by atoms with Gasteiger partial charge in [-0.05, 0) is 70.1 Å². The second-order valence-electron chi connectivity index (χ2n) is 9.49. The summed E-state index contributed by atoms with van der Waals surface area (Å²) in [6.45, 7) is 0.541. The lowest BCUT2D eigenvalue weighted by atomic mass is 9.83. The summed E-state index contributed by atoms with van der Waals surface area (Å²) >= 11 is 10.0. The number of benzene rings is 3. The van der Waals surface area contributed by atoms with E-state index >= 15 is 0 Å². The smallest absolute Gasteiger partial charge is 0.227 e. The van der Waals surface area contributed by atoms with Gasteiger partial charge < -0.3 is 10.6 Å². The fourth-order valence-electron chi connectivity index (χ4n) is 4.99. The molecule has 5 aromatic rings. The molecule has 0 fully saturated rings. The summed E-state index contributed by atoms with van der Waals surface area (Å²) in [6.07, 6.45) is 4.33. The van der Waals surface area contributed by atoms with Crippen molar-refractivity contribution in [1.82, 2.24) is 14.6 Å². The molecule has 39 heavy (non-hydrogen) atoms. The Morgan fingerprint density at radius 1 is 1.03 bits per heavy atom. The monoisotopic (exact) mass is 601 g/mol. The number of nitrogens with zero attached hydrogens (tertiary/aromatic N) is 3. The summed E-state index contributed by atoms with van der Waals surface area (Å²) in [5.41, 5.74) is 6.77. The summed E-state index contributed by atoms with van der Waals surface area (Å²) < 4.78 is 2.56. The number of rotatable bonds is 6. The van der Waals surface area contributed by atoms with Crippen LogP contribution in [0.4, 0.5) is 11.5 Å². The number of hydrogen-bond donors (Lipinski definition) is 2. The average molecular weight is 603 g/mol. The minimum atomic E-state index is -0.0155. The Hall–Kier alpha value is -3.68. The number of nitrogens with one attached hydrogen (secondary N) is 2. The Balaban J connectivity index is 0.00000308. The van der Waals surface area contributed by atoms with Crippen LogP contribution in [0.2, 0.25) is 5.02 Å². The van der Waals surface area contributed by atoms with Crippen LogP contribution >= 0.6 is 27.5 Å². The number of carbonyl (C=O) groups is 1. The maximum Gasteiger partial charge on any atom is 0.227 e. The van der Waals surface area contributed by atoms with Gasteiger partial charge in [-0.15, -0.1) is 0 Å². The summed E-state index contributed by atoms with van der Waals surface area (Å²) in [4.78, 5) is 17.8. The minimum Gasteiger partial charge on any atom is -0.366 e. The lowest BCUT2D eigenvalue weighted by molar-refractivity contribution is -0.120. The molecule has 0 saturated heterocycles. The number of aromatic nitrogens is 3. The van der Waals surface area contributed by atoms with Crippen LogP contribution in [-0.2, 0) is 24.2 Å². The SMILES string of the molecule is C.O=C(Nc1cccc(CNc2cc(-c3ccccc3Cl)nc3c(Br)cnn23)c1)C1CCc2ccccc2C1. The van der Waals surface area contributed by atoms with Crippen LogP contribution in [0.25, 0.3) is 16.9 Å². The second kappa shape index (κ2) is 11.6. The molecule has 2 aromatic heterocycles. The number of amides is 1. The molecule has 1 aliphatic carbocycles. The molecule has 1 atom stereocenters. The Labute approximate surface area is 241 Å². The van der Waals surface area contributed by atoms with E-state index in [-0.39, 0.29) is 19.3 Å². The molecule has 3 aromatic carbocycles. The van der Waals surface area contributed by atoms with Gasteiger partial charge in [-0.2, -0.15) is 9.61 Å². The van der Waals surface area contributed by atoms with Crippen molar-refractivity contribution in [2.75, 3.05) is 10.6 Å². The molecule has 1 unspecified atom stereocenters. The highest BCUT2D eigenvalue weighted by Gasteiger charge is 2.24. The third-order valence-corrected chi connectivity index (χ3v) is 7.85. The fourth-order valence-corrected chi connectivity index (χ4v) is 5.57. The first-order valence-corrected chi connectivity index (χ1v) is 13.7. The lowest BCUT2D eigenvalue weighted by Gasteiger charge is -2.24. The van der Waals surface area contributed by atoms with Gasteiger partial charge in [0.1, 0.15) is 5.82 Å². The lowest BCUT2D eigenvalue weighted by Crippen LogP contribution is -2.28. The zero-order valence-corrected chi connectivity index (χ0v) is 22.8. The van der Waals surface area contributed by atoms with E-state index in [2.05, 4.69) is 49.9 Å². The minimum absolute atomic E-state index is 0. The Kier molecular flexibility index (Phi) is 8.00. The van der Waals surface area contributed by atoms with Gasteiger partial charge in [-0.3, -0.25) is 4.79 Å². The quantitative estimate of drug-likeness (QED) is 0.208. The van der Waals surface area contributed by atoms with E-state index in [0.717, 1.165) is 52.1 Å². The maximum absolute atomic E-state index is 13.1. The Morgan fingerprint density at radius 2 is 1.82 bits per heavy atom. The molecule has 0 saturated carbocycles. The van der Waals surface area contributed by atoms with Crippen LogP contribution in [-0.4, -0.2) is 20.5 Å². The van der Waals surface area contributed by atoms with E-state index in [1.165, 1.54) is 11.1 Å². The molecule has 6 nitrogen and oxygen atoms in total. The summed E-state index contributed by atoms with van der Waals surface area (Å²) in [5.74, 6) is 0.843. The van der Waals surface area contributed by atoms with Crippen LogP contribution in [0.1, 0.15) is 30.5 Å². The standard InChI is InChI=1S/C30H25BrClN5O.CH4/c31-25-18-34-37-28(16-27(36-29(25)37)24-10-3-4-11-26(24)32)33-17-19-6-5-9-23(14-19)35-30(38)22-13-12-20-7-1-2-8-21(20)15-22;/h1-11,14,16,18,22,33H,12-13,15,17H2,(H,35,38);1H4. The number of hydrogen-bond acceptors (Lipinski definition) is 4. The largest absolute Gasteiger partial charge is 0.366 e. The van der Waals surface area contributed by atoms with Crippen molar-refractivity contribution < 1.29 is 4.79 Å². The van der Waals surface area contributed by atoms with E-state index in [1.54, 1.807) is 10.7 Å². The van der Waals surface area contributed by atoms with Gasteiger partial charge >= 0.3 is 0 Å². The zero-order chi connectivity index (χ0) is 26.1.